The van der Waals surface area contributed by atoms with Gasteiger partial charge in [0.2, 0.25) is 0 Å². The summed E-state index contributed by atoms with van der Waals surface area (Å²) in [5.41, 5.74) is 1.74. The molecule has 6 heteroatoms. The van der Waals surface area contributed by atoms with E-state index in [1.54, 1.807) is 10.3 Å². The van der Waals surface area contributed by atoms with Crippen molar-refractivity contribution in [1.29, 1.82) is 5.41 Å². The van der Waals surface area contributed by atoms with Crippen LogP contribution in [0.15, 0.2) is 0 Å². The second kappa shape index (κ2) is 1.88. The van der Waals surface area contributed by atoms with Crippen LogP contribution < -0.4 is 5.43 Å². The molecule has 0 saturated carbocycles. The Bertz CT molecular complexity index is 152. The number of hydrogen-bond donors (Lipinski definition) is 2. The van der Waals surface area contributed by atoms with Crippen LogP contribution in [0, 0.1) is 15.5 Å². The molecular weight excluding hydrogens is 124 g/mol. The first-order valence-electron chi connectivity index (χ1n) is 2.44. The third-order valence-electron chi connectivity index (χ3n) is 0.961. The van der Waals surface area contributed by atoms with Crippen LogP contribution in [0.3, 0.4) is 0 Å². The minimum atomic E-state index is -0.735. The highest BCUT2D eigenvalue weighted by atomic mass is 16.7. The summed E-state index contributed by atoms with van der Waals surface area (Å²) in [4.78, 5) is 11.2. The van der Waals surface area contributed by atoms with Crippen LogP contribution in [0.4, 0.5) is 0 Å². The predicted octanol–water partition coefficient (Wildman–Crippen LogP) is -0.982. The average molecular weight is 130 g/mol. The molecular formula is C3H6N4O2. The largest absolute Gasteiger partial charge is 0.335 e. The molecule has 1 aliphatic rings. The molecule has 2 N–H and O–H groups in total. The van der Waals surface area contributed by atoms with E-state index in [4.69, 9.17) is 5.41 Å². The molecule has 50 valence electrons. The molecule has 0 aromatic rings. The van der Waals surface area contributed by atoms with Gasteiger partial charge in [-0.15, -0.1) is 0 Å². The summed E-state index contributed by atoms with van der Waals surface area (Å²) in [5, 5.41) is 15.8. The fraction of sp³-hybridized carbons (Fsp3) is 0.667. The maximum Gasteiger partial charge on any atom is 0.254 e. The zero-order chi connectivity index (χ0) is 6.85. The van der Waals surface area contributed by atoms with Crippen molar-refractivity contribution in [1.82, 2.24) is 10.3 Å². The maximum absolute atomic E-state index is 9.67. The molecule has 1 fully saturated rings. The zero-order valence-electron chi connectivity index (χ0n) is 4.63. The van der Waals surface area contributed by atoms with Gasteiger partial charge in [-0.05, 0) is 0 Å². The molecule has 1 rings (SSSR count). The molecule has 9 heavy (non-hydrogen) atoms. The summed E-state index contributed by atoms with van der Waals surface area (Å²) in [6.07, 6.45) is 0. The Balaban J connectivity index is 2.26. The van der Waals surface area contributed by atoms with Gasteiger partial charge in [-0.1, -0.05) is 5.43 Å². The molecule has 0 amide bonds. The van der Waals surface area contributed by atoms with Crippen molar-refractivity contribution in [3.63, 3.8) is 0 Å². The van der Waals surface area contributed by atoms with E-state index in [1.165, 1.54) is 0 Å². The maximum atomic E-state index is 9.67. The van der Waals surface area contributed by atoms with Gasteiger partial charge in [0.15, 0.2) is 5.03 Å². The molecule has 0 aromatic heterocycles. The van der Waals surface area contributed by atoms with Crippen molar-refractivity contribution in [3.8, 4) is 0 Å². The summed E-state index contributed by atoms with van der Waals surface area (Å²) in [6.45, 7) is 1.50. The Morgan fingerprint density at radius 3 is 2.67 bits per heavy atom. The van der Waals surface area contributed by atoms with Gasteiger partial charge in [-0.2, -0.15) is 0 Å². The van der Waals surface area contributed by atoms with E-state index in [0.717, 1.165) is 13.1 Å². The lowest BCUT2D eigenvalue weighted by Gasteiger charge is -1.97. The van der Waals surface area contributed by atoms with E-state index in [2.05, 4.69) is 0 Å². The van der Waals surface area contributed by atoms with Crippen LogP contribution in [-0.4, -0.2) is 29.0 Å². The van der Waals surface area contributed by atoms with Crippen molar-refractivity contribution in [2.24, 2.45) is 0 Å². The molecule has 0 bridgehead atoms. The zero-order valence-corrected chi connectivity index (χ0v) is 4.63. The summed E-state index contributed by atoms with van der Waals surface area (Å²) >= 11 is 0. The first-order chi connectivity index (χ1) is 4.20. The third kappa shape index (κ3) is 1.56. The van der Waals surface area contributed by atoms with Gasteiger partial charge in [-0.25, -0.2) is 10.1 Å². The summed E-state index contributed by atoms with van der Waals surface area (Å²) in [6, 6.07) is 0. The summed E-state index contributed by atoms with van der Waals surface area (Å²) in [5.74, 6) is -0.125. The molecule has 0 aliphatic carbocycles. The van der Waals surface area contributed by atoms with Crippen molar-refractivity contribution in [2.45, 2.75) is 0 Å². The van der Waals surface area contributed by atoms with Crippen LogP contribution in [-0.2, 0) is 0 Å². The Kier molecular flexibility index (Phi) is 1.21. The van der Waals surface area contributed by atoms with E-state index in [0.29, 0.717) is 0 Å². The Hall–Kier alpha value is -1.33. The van der Waals surface area contributed by atoms with E-state index >= 15 is 0 Å². The van der Waals surface area contributed by atoms with Gasteiger partial charge < -0.3 is 4.90 Å². The molecule has 0 radical (unpaired) electrons. The molecule has 0 unspecified atom stereocenters. The first kappa shape index (κ1) is 5.80. The highest BCUT2D eigenvalue weighted by Gasteiger charge is 2.23. The lowest BCUT2D eigenvalue weighted by Crippen LogP contribution is -2.33. The van der Waals surface area contributed by atoms with Crippen molar-refractivity contribution >= 4 is 5.96 Å². The van der Waals surface area contributed by atoms with E-state index in [-0.39, 0.29) is 5.96 Å². The number of hydrogen-bond acceptors (Lipinski definition) is 3. The third-order valence-corrected chi connectivity index (χ3v) is 0.961. The monoisotopic (exact) mass is 130 g/mol. The van der Waals surface area contributed by atoms with Crippen LogP contribution in [0.5, 0.6) is 0 Å². The number of guanidine groups is 1. The molecule has 6 nitrogen and oxygen atoms in total. The fourth-order valence-electron chi connectivity index (χ4n) is 0.431. The minimum absolute atomic E-state index is 0.125. The van der Waals surface area contributed by atoms with Crippen molar-refractivity contribution < 1.29 is 5.03 Å². The Morgan fingerprint density at radius 2 is 2.33 bits per heavy atom. The van der Waals surface area contributed by atoms with Crippen LogP contribution in [0.2, 0.25) is 0 Å². The molecule has 1 saturated heterocycles. The molecule has 0 aromatic carbocycles. The highest BCUT2D eigenvalue weighted by Crippen LogP contribution is 2.00. The molecule has 0 atom stereocenters. The Labute approximate surface area is 51.1 Å². The number of nitro groups is 1. The van der Waals surface area contributed by atoms with Crippen molar-refractivity contribution in [2.75, 3.05) is 13.1 Å². The van der Waals surface area contributed by atoms with Gasteiger partial charge in [-0.3, -0.25) is 5.41 Å². The highest BCUT2D eigenvalue weighted by molar-refractivity contribution is 5.77. The standard InChI is InChI=1S/C3H6N4O2/c4-3(5-7(8)9)6-1-2-6/h1-2H2,(H2,4,5). The Morgan fingerprint density at radius 1 is 1.78 bits per heavy atom. The number of nitrogens with zero attached hydrogens (tertiary/aromatic N) is 2. The number of hydrazine groups is 1. The topological polar surface area (TPSA) is 82.0 Å². The van der Waals surface area contributed by atoms with E-state index < -0.39 is 5.03 Å². The second-order valence-electron chi connectivity index (χ2n) is 1.70. The summed E-state index contributed by atoms with van der Waals surface area (Å²) < 4.78 is 0. The first-order valence-corrected chi connectivity index (χ1v) is 2.44. The van der Waals surface area contributed by atoms with Gasteiger partial charge >= 0.3 is 0 Å². The number of nitrogens with one attached hydrogen (secondary N) is 2. The molecule has 0 spiro atoms. The van der Waals surface area contributed by atoms with Gasteiger partial charge in [0.25, 0.3) is 5.96 Å². The average Bonchev–Trinajstić information content (AvgIpc) is 2.40. The predicted molar refractivity (Wildman–Crippen MR) is 29.4 cm³/mol. The smallest absolute Gasteiger partial charge is 0.254 e. The summed E-state index contributed by atoms with van der Waals surface area (Å²) in [7, 11) is 0. The second-order valence-corrected chi connectivity index (χ2v) is 1.70. The van der Waals surface area contributed by atoms with Crippen LogP contribution >= 0.6 is 0 Å². The quantitative estimate of drug-likeness (QED) is 0.157. The van der Waals surface area contributed by atoms with Gasteiger partial charge in [0.1, 0.15) is 0 Å². The van der Waals surface area contributed by atoms with Crippen LogP contribution in [0.25, 0.3) is 0 Å². The minimum Gasteiger partial charge on any atom is -0.335 e. The van der Waals surface area contributed by atoms with Crippen LogP contribution in [0.1, 0.15) is 0 Å². The van der Waals surface area contributed by atoms with Crippen molar-refractivity contribution in [3.05, 3.63) is 10.1 Å². The number of rotatable bonds is 1. The van der Waals surface area contributed by atoms with E-state index in [1.807, 2.05) is 0 Å². The lowest BCUT2D eigenvalue weighted by atomic mass is 11.0. The molecule has 1 heterocycles. The van der Waals surface area contributed by atoms with Gasteiger partial charge in [0.05, 0.1) is 0 Å². The fourth-order valence-corrected chi connectivity index (χ4v) is 0.431. The van der Waals surface area contributed by atoms with E-state index in [9.17, 15) is 10.1 Å². The van der Waals surface area contributed by atoms with Gasteiger partial charge in [0, 0.05) is 13.1 Å². The normalized spacial score (nSPS) is 14.9. The molecule has 1 aliphatic heterocycles. The SMILES string of the molecule is N=C(N[N+](=O)[O-])N1CC1. The lowest BCUT2D eigenvalue weighted by molar-refractivity contribution is -0.526.